The largest absolute Gasteiger partial charge is 0.370 e. The first-order valence-corrected chi connectivity index (χ1v) is 6.02. The van der Waals surface area contributed by atoms with Crippen molar-refractivity contribution in [3.63, 3.8) is 0 Å². The zero-order chi connectivity index (χ0) is 12.1. The maximum atomic E-state index is 4.36. The summed E-state index contributed by atoms with van der Waals surface area (Å²) in [7, 11) is 0. The predicted octanol–water partition coefficient (Wildman–Crippen LogP) is 2.32. The maximum absolute atomic E-state index is 4.36. The van der Waals surface area contributed by atoms with Crippen LogP contribution in [0.2, 0.25) is 0 Å². The Morgan fingerprint density at radius 3 is 2.76 bits per heavy atom. The van der Waals surface area contributed by atoms with E-state index in [1.807, 2.05) is 24.7 Å². The number of nitrogens with zero attached hydrogens (tertiary/aromatic N) is 3. The van der Waals surface area contributed by atoms with Crippen LogP contribution in [0.3, 0.4) is 0 Å². The van der Waals surface area contributed by atoms with E-state index in [0.29, 0.717) is 0 Å². The van der Waals surface area contributed by atoms with Gasteiger partial charge in [0.2, 0.25) is 0 Å². The Morgan fingerprint density at radius 1 is 1.24 bits per heavy atom. The average Bonchev–Trinajstić information content (AvgIpc) is 2.79. The second kappa shape index (κ2) is 5.48. The number of aryl methyl sites for hydroxylation is 1. The van der Waals surface area contributed by atoms with Gasteiger partial charge in [0.1, 0.15) is 11.6 Å². The van der Waals surface area contributed by atoms with Crippen LogP contribution in [0.4, 0.5) is 5.82 Å². The van der Waals surface area contributed by atoms with Gasteiger partial charge in [-0.25, -0.2) is 9.97 Å². The Bertz CT molecular complexity index is 459. The summed E-state index contributed by atoms with van der Waals surface area (Å²) in [6, 6.07) is 4.12. The van der Waals surface area contributed by atoms with Crippen LogP contribution in [0.5, 0.6) is 0 Å². The number of rotatable bonds is 5. The second-order valence-electron chi connectivity index (χ2n) is 3.91. The van der Waals surface area contributed by atoms with Gasteiger partial charge >= 0.3 is 0 Å². The van der Waals surface area contributed by atoms with Crippen molar-refractivity contribution in [1.29, 1.82) is 0 Å². The molecule has 90 valence electrons. The third kappa shape index (κ3) is 2.84. The molecule has 2 rings (SSSR count). The fraction of sp³-hybridized carbons (Fsp3) is 0.385. The van der Waals surface area contributed by atoms with Gasteiger partial charge < -0.3 is 9.88 Å². The number of aromatic nitrogens is 3. The van der Waals surface area contributed by atoms with Crippen molar-refractivity contribution >= 4 is 5.82 Å². The van der Waals surface area contributed by atoms with E-state index in [-0.39, 0.29) is 0 Å². The fourth-order valence-corrected chi connectivity index (χ4v) is 1.80. The molecule has 0 amide bonds. The molecule has 0 radical (unpaired) electrons. The van der Waals surface area contributed by atoms with E-state index in [9.17, 15) is 0 Å². The number of imidazole rings is 1. The molecule has 0 spiro atoms. The summed E-state index contributed by atoms with van der Waals surface area (Å²) >= 11 is 0. The zero-order valence-corrected chi connectivity index (χ0v) is 10.3. The van der Waals surface area contributed by atoms with Gasteiger partial charge in [-0.05, 0) is 18.6 Å². The Morgan fingerprint density at radius 2 is 2.12 bits per heavy atom. The zero-order valence-electron chi connectivity index (χ0n) is 10.3. The van der Waals surface area contributed by atoms with Crippen LogP contribution in [-0.4, -0.2) is 21.1 Å². The number of hydrogen-bond donors (Lipinski definition) is 1. The molecule has 0 saturated carbocycles. The molecule has 0 aliphatic rings. The predicted molar refractivity (Wildman–Crippen MR) is 69.1 cm³/mol. The lowest BCUT2D eigenvalue weighted by atomic mass is 10.2. The van der Waals surface area contributed by atoms with Crippen molar-refractivity contribution in [2.24, 2.45) is 0 Å². The van der Waals surface area contributed by atoms with Gasteiger partial charge in [0.05, 0.1) is 6.54 Å². The van der Waals surface area contributed by atoms with Gasteiger partial charge in [-0.3, -0.25) is 0 Å². The fourth-order valence-electron chi connectivity index (χ4n) is 1.80. The van der Waals surface area contributed by atoms with Crippen molar-refractivity contribution in [2.75, 3.05) is 11.9 Å². The molecule has 0 fully saturated rings. The molecule has 0 saturated heterocycles. The molecule has 0 atom stereocenters. The number of pyridine rings is 1. The second-order valence-corrected chi connectivity index (χ2v) is 3.91. The molecule has 0 aliphatic carbocycles. The molecule has 0 unspecified atom stereocenters. The van der Waals surface area contributed by atoms with E-state index in [2.05, 4.69) is 39.8 Å². The quantitative estimate of drug-likeness (QED) is 0.857. The lowest BCUT2D eigenvalue weighted by Gasteiger charge is -2.07. The topological polar surface area (TPSA) is 42.7 Å². The first-order valence-electron chi connectivity index (χ1n) is 6.02. The van der Waals surface area contributed by atoms with E-state index in [1.54, 1.807) is 0 Å². The van der Waals surface area contributed by atoms with Crippen LogP contribution in [0.1, 0.15) is 25.2 Å². The van der Waals surface area contributed by atoms with Crippen LogP contribution in [0, 0.1) is 0 Å². The van der Waals surface area contributed by atoms with Crippen molar-refractivity contribution in [3.8, 4) is 0 Å². The average molecular weight is 230 g/mol. The van der Waals surface area contributed by atoms with E-state index >= 15 is 0 Å². The summed E-state index contributed by atoms with van der Waals surface area (Å²) in [4.78, 5) is 8.67. The van der Waals surface area contributed by atoms with Crippen LogP contribution in [0.15, 0.2) is 30.7 Å². The summed E-state index contributed by atoms with van der Waals surface area (Å²) in [5.41, 5.74) is 1.19. The molecule has 1 N–H and O–H groups in total. The third-order valence-electron chi connectivity index (χ3n) is 2.65. The van der Waals surface area contributed by atoms with Crippen LogP contribution >= 0.6 is 0 Å². The molecule has 2 aromatic rings. The SMILES string of the molecule is CCNc1ccc(Cn2ccnc2CC)cn1. The summed E-state index contributed by atoms with van der Waals surface area (Å²) in [5, 5.41) is 3.19. The highest BCUT2D eigenvalue weighted by Crippen LogP contribution is 2.08. The summed E-state index contributed by atoms with van der Waals surface area (Å²) in [6.45, 7) is 5.91. The lowest BCUT2D eigenvalue weighted by Crippen LogP contribution is -2.04. The first-order chi connectivity index (χ1) is 8.33. The maximum Gasteiger partial charge on any atom is 0.125 e. The molecule has 17 heavy (non-hydrogen) atoms. The summed E-state index contributed by atoms with van der Waals surface area (Å²) in [6.07, 6.45) is 6.73. The minimum Gasteiger partial charge on any atom is -0.370 e. The van der Waals surface area contributed by atoms with Gasteiger partial charge in [0.25, 0.3) is 0 Å². The van der Waals surface area contributed by atoms with Gasteiger partial charge in [0.15, 0.2) is 0 Å². The molecular formula is C13H18N4. The lowest BCUT2D eigenvalue weighted by molar-refractivity contribution is 0.730. The molecule has 4 heteroatoms. The van der Waals surface area contributed by atoms with E-state index in [4.69, 9.17) is 0 Å². The first kappa shape index (κ1) is 11.6. The van der Waals surface area contributed by atoms with Crippen LogP contribution in [0.25, 0.3) is 0 Å². The highest BCUT2D eigenvalue weighted by Gasteiger charge is 2.01. The Labute approximate surface area is 102 Å². The smallest absolute Gasteiger partial charge is 0.125 e. The Hall–Kier alpha value is -1.84. The van der Waals surface area contributed by atoms with E-state index in [0.717, 1.165) is 31.2 Å². The molecule has 2 heterocycles. The van der Waals surface area contributed by atoms with Crippen LogP contribution in [-0.2, 0) is 13.0 Å². The Kier molecular flexibility index (Phi) is 3.75. The van der Waals surface area contributed by atoms with Gasteiger partial charge in [-0.2, -0.15) is 0 Å². The normalized spacial score (nSPS) is 10.5. The molecule has 0 aliphatic heterocycles. The highest BCUT2D eigenvalue weighted by molar-refractivity contribution is 5.35. The molecular weight excluding hydrogens is 212 g/mol. The van der Waals surface area contributed by atoms with Crippen molar-refractivity contribution in [3.05, 3.63) is 42.1 Å². The van der Waals surface area contributed by atoms with Crippen molar-refractivity contribution < 1.29 is 0 Å². The number of nitrogens with one attached hydrogen (secondary N) is 1. The van der Waals surface area contributed by atoms with Gasteiger partial charge in [-0.15, -0.1) is 0 Å². The molecule has 0 bridgehead atoms. The van der Waals surface area contributed by atoms with E-state index < -0.39 is 0 Å². The number of hydrogen-bond acceptors (Lipinski definition) is 3. The molecule has 0 aromatic carbocycles. The van der Waals surface area contributed by atoms with Gasteiger partial charge in [-0.1, -0.05) is 13.0 Å². The summed E-state index contributed by atoms with van der Waals surface area (Å²) in [5.74, 6) is 2.04. The van der Waals surface area contributed by atoms with Crippen LogP contribution < -0.4 is 5.32 Å². The standard InChI is InChI=1S/C13H18N4/c1-3-13-15-7-8-17(13)10-11-5-6-12(14-4-2)16-9-11/h5-9H,3-4,10H2,1-2H3,(H,14,16). The van der Waals surface area contributed by atoms with Crippen molar-refractivity contribution in [1.82, 2.24) is 14.5 Å². The van der Waals surface area contributed by atoms with E-state index in [1.165, 1.54) is 5.56 Å². The minimum absolute atomic E-state index is 0.836. The monoisotopic (exact) mass is 230 g/mol. The van der Waals surface area contributed by atoms with Gasteiger partial charge in [0, 0.05) is 31.6 Å². The summed E-state index contributed by atoms with van der Waals surface area (Å²) < 4.78 is 2.16. The minimum atomic E-state index is 0.836. The Balaban J connectivity index is 2.08. The highest BCUT2D eigenvalue weighted by atomic mass is 15.1. The number of anilines is 1. The molecule has 4 nitrogen and oxygen atoms in total. The van der Waals surface area contributed by atoms with Crippen molar-refractivity contribution in [2.45, 2.75) is 26.8 Å². The molecule has 2 aromatic heterocycles. The third-order valence-corrected chi connectivity index (χ3v) is 2.65.